The third kappa shape index (κ3) is 3.71. The molecule has 0 fully saturated rings. The number of aromatic nitrogens is 1. The summed E-state index contributed by atoms with van der Waals surface area (Å²) in [5.74, 6) is -0.101. The van der Waals surface area contributed by atoms with E-state index in [9.17, 15) is 4.79 Å². The van der Waals surface area contributed by atoms with Gasteiger partial charge in [-0.2, -0.15) is 0 Å². The predicted octanol–water partition coefficient (Wildman–Crippen LogP) is 2.95. The van der Waals surface area contributed by atoms with Gasteiger partial charge in [-0.1, -0.05) is 25.1 Å². The van der Waals surface area contributed by atoms with Crippen molar-refractivity contribution in [3.63, 3.8) is 0 Å². The molecular weight excluding hydrogens is 276 g/mol. The Labute approximate surface area is 131 Å². The van der Waals surface area contributed by atoms with Gasteiger partial charge in [-0.15, -0.1) is 0 Å². The number of rotatable bonds is 6. The fourth-order valence-corrected chi connectivity index (χ4v) is 2.48. The summed E-state index contributed by atoms with van der Waals surface area (Å²) in [6.45, 7) is 4.01. The average molecular weight is 298 g/mol. The average Bonchev–Trinajstić information content (AvgIpc) is 2.55. The van der Waals surface area contributed by atoms with Gasteiger partial charge in [-0.05, 0) is 43.5 Å². The van der Waals surface area contributed by atoms with Crippen LogP contribution in [0.25, 0.3) is 11.3 Å². The fraction of sp³-hybridized carbons (Fsp3) is 0.333. The van der Waals surface area contributed by atoms with Crippen LogP contribution in [-0.4, -0.2) is 28.6 Å². The van der Waals surface area contributed by atoms with Crippen molar-refractivity contribution in [1.29, 1.82) is 0 Å². The Hall–Kier alpha value is -2.20. The molecular formula is C18H22N2O2. The zero-order valence-electron chi connectivity index (χ0n) is 13.0. The highest BCUT2D eigenvalue weighted by Crippen LogP contribution is 2.24. The third-order valence-corrected chi connectivity index (χ3v) is 3.82. The summed E-state index contributed by atoms with van der Waals surface area (Å²) < 4.78 is 0. The normalized spacial score (nSPS) is 12.0. The lowest BCUT2D eigenvalue weighted by atomic mass is 9.98. The van der Waals surface area contributed by atoms with Crippen LogP contribution in [0.1, 0.15) is 35.7 Å². The second kappa shape index (κ2) is 7.71. The van der Waals surface area contributed by atoms with Crippen molar-refractivity contribution in [2.24, 2.45) is 0 Å². The van der Waals surface area contributed by atoms with E-state index in [1.54, 1.807) is 6.20 Å². The van der Waals surface area contributed by atoms with E-state index in [-0.39, 0.29) is 18.6 Å². The Morgan fingerprint density at radius 3 is 2.73 bits per heavy atom. The summed E-state index contributed by atoms with van der Waals surface area (Å²) in [7, 11) is 0. The number of aliphatic hydroxyl groups is 1. The Bertz CT molecular complexity index is 626. The van der Waals surface area contributed by atoms with Gasteiger partial charge in [0.05, 0.1) is 5.69 Å². The van der Waals surface area contributed by atoms with Crippen molar-refractivity contribution in [1.82, 2.24) is 10.3 Å². The van der Waals surface area contributed by atoms with E-state index in [0.717, 1.165) is 23.2 Å². The number of amides is 1. The van der Waals surface area contributed by atoms with E-state index in [0.29, 0.717) is 12.0 Å². The molecule has 2 aromatic rings. The monoisotopic (exact) mass is 298 g/mol. The SMILES string of the molecule is CCC(CCO)NC(=O)c1cccc(-c2ccccn2)c1C. The lowest BCUT2D eigenvalue weighted by Gasteiger charge is -2.17. The van der Waals surface area contributed by atoms with E-state index >= 15 is 0 Å². The number of benzene rings is 1. The van der Waals surface area contributed by atoms with Crippen LogP contribution < -0.4 is 5.32 Å². The molecule has 1 aromatic carbocycles. The highest BCUT2D eigenvalue weighted by Gasteiger charge is 2.16. The standard InChI is InChI=1S/C18H22N2O2/c1-3-14(10-12-21)20-18(22)16-8-6-7-15(13(16)2)17-9-4-5-11-19-17/h4-9,11,14,21H,3,10,12H2,1-2H3,(H,20,22). The molecule has 0 aliphatic rings. The molecule has 1 aromatic heterocycles. The van der Waals surface area contributed by atoms with Crippen LogP contribution in [0, 0.1) is 6.92 Å². The van der Waals surface area contributed by atoms with Crippen LogP contribution in [-0.2, 0) is 0 Å². The molecule has 1 heterocycles. The van der Waals surface area contributed by atoms with Gasteiger partial charge in [0.25, 0.3) is 5.91 Å². The maximum atomic E-state index is 12.5. The van der Waals surface area contributed by atoms with Crippen LogP contribution in [0.2, 0.25) is 0 Å². The van der Waals surface area contributed by atoms with Gasteiger partial charge < -0.3 is 10.4 Å². The highest BCUT2D eigenvalue weighted by molar-refractivity contribution is 5.97. The van der Waals surface area contributed by atoms with Crippen LogP contribution in [0.5, 0.6) is 0 Å². The van der Waals surface area contributed by atoms with E-state index < -0.39 is 0 Å². The second-order valence-corrected chi connectivity index (χ2v) is 5.28. The molecule has 1 amide bonds. The van der Waals surface area contributed by atoms with Crippen LogP contribution in [0.4, 0.5) is 0 Å². The van der Waals surface area contributed by atoms with E-state index in [4.69, 9.17) is 5.11 Å². The van der Waals surface area contributed by atoms with Crippen molar-refractivity contribution in [2.75, 3.05) is 6.61 Å². The minimum absolute atomic E-state index is 0.00425. The first-order valence-corrected chi connectivity index (χ1v) is 7.60. The molecule has 1 unspecified atom stereocenters. The van der Waals surface area contributed by atoms with Crippen molar-refractivity contribution in [3.8, 4) is 11.3 Å². The predicted molar refractivity (Wildman–Crippen MR) is 87.7 cm³/mol. The van der Waals surface area contributed by atoms with Gasteiger partial charge in [-0.25, -0.2) is 0 Å². The number of aliphatic hydroxyl groups excluding tert-OH is 1. The quantitative estimate of drug-likeness (QED) is 0.862. The second-order valence-electron chi connectivity index (χ2n) is 5.28. The lowest BCUT2D eigenvalue weighted by Crippen LogP contribution is -2.35. The molecule has 0 radical (unpaired) electrons. The largest absolute Gasteiger partial charge is 0.396 e. The van der Waals surface area contributed by atoms with Gasteiger partial charge in [-0.3, -0.25) is 9.78 Å². The molecule has 2 rings (SSSR count). The smallest absolute Gasteiger partial charge is 0.251 e. The van der Waals surface area contributed by atoms with Crippen molar-refractivity contribution >= 4 is 5.91 Å². The molecule has 0 aliphatic heterocycles. The number of carbonyl (C=O) groups excluding carboxylic acids is 1. The molecule has 2 N–H and O–H groups in total. The number of pyridine rings is 1. The van der Waals surface area contributed by atoms with Gasteiger partial charge in [0.15, 0.2) is 0 Å². The van der Waals surface area contributed by atoms with Crippen LogP contribution >= 0.6 is 0 Å². The van der Waals surface area contributed by atoms with E-state index in [1.165, 1.54) is 0 Å². The molecule has 1 atom stereocenters. The minimum atomic E-state index is -0.101. The Morgan fingerprint density at radius 2 is 2.09 bits per heavy atom. The topological polar surface area (TPSA) is 62.2 Å². The number of nitrogens with one attached hydrogen (secondary N) is 1. The molecule has 0 bridgehead atoms. The van der Waals surface area contributed by atoms with E-state index in [1.807, 2.05) is 50.2 Å². The van der Waals surface area contributed by atoms with E-state index in [2.05, 4.69) is 10.3 Å². The lowest BCUT2D eigenvalue weighted by molar-refractivity contribution is 0.0928. The van der Waals surface area contributed by atoms with Gasteiger partial charge in [0.1, 0.15) is 0 Å². The fourth-order valence-electron chi connectivity index (χ4n) is 2.48. The Balaban J connectivity index is 2.27. The van der Waals surface area contributed by atoms with Crippen LogP contribution in [0.3, 0.4) is 0 Å². The number of hydrogen-bond acceptors (Lipinski definition) is 3. The molecule has 0 saturated carbocycles. The minimum Gasteiger partial charge on any atom is -0.396 e. The number of nitrogens with zero attached hydrogens (tertiary/aromatic N) is 1. The van der Waals surface area contributed by atoms with Gasteiger partial charge >= 0.3 is 0 Å². The zero-order chi connectivity index (χ0) is 15.9. The summed E-state index contributed by atoms with van der Waals surface area (Å²) in [5, 5.41) is 12.0. The molecule has 22 heavy (non-hydrogen) atoms. The Kier molecular flexibility index (Phi) is 5.67. The summed E-state index contributed by atoms with van der Waals surface area (Å²) in [6.07, 6.45) is 3.11. The van der Waals surface area contributed by atoms with Crippen molar-refractivity contribution in [2.45, 2.75) is 32.7 Å². The first-order valence-electron chi connectivity index (χ1n) is 7.60. The summed E-state index contributed by atoms with van der Waals surface area (Å²) >= 11 is 0. The molecule has 4 heteroatoms. The van der Waals surface area contributed by atoms with Crippen molar-refractivity contribution < 1.29 is 9.90 Å². The van der Waals surface area contributed by atoms with Crippen LogP contribution in [0.15, 0.2) is 42.6 Å². The summed E-state index contributed by atoms with van der Waals surface area (Å²) in [5.41, 5.74) is 3.39. The Morgan fingerprint density at radius 1 is 1.27 bits per heavy atom. The molecule has 116 valence electrons. The first kappa shape index (κ1) is 16.2. The van der Waals surface area contributed by atoms with Gasteiger partial charge in [0, 0.05) is 30.0 Å². The third-order valence-electron chi connectivity index (χ3n) is 3.82. The first-order chi connectivity index (χ1) is 10.7. The van der Waals surface area contributed by atoms with Gasteiger partial charge in [0.2, 0.25) is 0 Å². The number of carbonyl (C=O) groups is 1. The number of hydrogen-bond donors (Lipinski definition) is 2. The summed E-state index contributed by atoms with van der Waals surface area (Å²) in [4.78, 5) is 16.8. The summed E-state index contributed by atoms with van der Waals surface area (Å²) in [6, 6.07) is 11.4. The highest BCUT2D eigenvalue weighted by atomic mass is 16.3. The molecule has 0 aliphatic carbocycles. The molecule has 0 spiro atoms. The molecule has 4 nitrogen and oxygen atoms in total. The maximum absolute atomic E-state index is 12.5. The maximum Gasteiger partial charge on any atom is 0.251 e. The zero-order valence-corrected chi connectivity index (χ0v) is 13.0. The van der Waals surface area contributed by atoms with Crippen molar-refractivity contribution in [3.05, 3.63) is 53.7 Å². The molecule has 0 saturated heterocycles.